The molecule has 222 valence electrons. The molecule has 0 amide bonds. The predicted molar refractivity (Wildman–Crippen MR) is 193 cm³/mol. The van der Waals surface area contributed by atoms with Crippen molar-refractivity contribution >= 4 is 34.7 Å². The first kappa shape index (κ1) is 30.6. The van der Waals surface area contributed by atoms with Gasteiger partial charge in [0.25, 0.3) is 0 Å². The Morgan fingerprint density at radius 1 is 0.386 bits per heavy atom. The Hall–Kier alpha value is -4.82. The molecule has 0 aliphatic rings. The van der Waals surface area contributed by atoms with Gasteiger partial charge in [-0.3, -0.25) is 0 Å². The van der Waals surface area contributed by atoms with Crippen molar-refractivity contribution in [3.05, 3.63) is 167 Å². The average Bonchev–Trinajstić information content (AvgIpc) is 3.09. The van der Waals surface area contributed by atoms with Crippen LogP contribution in [-0.4, -0.2) is 26.2 Å². The highest BCUT2D eigenvalue weighted by atomic mass is 15.1. The Morgan fingerprint density at radius 3 is 0.977 bits per heavy atom. The highest BCUT2D eigenvalue weighted by molar-refractivity contribution is 5.93. The van der Waals surface area contributed by atoms with Crippen molar-refractivity contribution in [1.29, 1.82) is 0 Å². The topological polar surface area (TPSA) is 6.48 Å². The van der Waals surface area contributed by atoms with Crippen LogP contribution in [0.3, 0.4) is 0 Å². The lowest BCUT2D eigenvalue weighted by Gasteiger charge is -2.21. The monoisotopic (exact) mass is 576 g/mol. The summed E-state index contributed by atoms with van der Waals surface area (Å²) in [5, 5.41) is 0. The van der Waals surface area contributed by atoms with E-state index in [1.54, 1.807) is 0 Å². The van der Waals surface area contributed by atoms with E-state index >= 15 is 0 Å². The van der Waals surface area contributed by atoms with E-state index in [1.165, 1.54) is 55.9 Å². The summed E-state index contributed by atoms with van der Waals surface area (Å²) in [4.78, 5) is 4.76. The zero-order valence-corrected chi connectivity index (χ0v) is 26.6. The maximum Gasteiger partial charge on any atom is 0.0366 e. The first-order chi connectivity index (χ1) is 21.6. The normalized spacial score (nSPS) is 11.8. The fourth-order valence-corrected chi connectivity index (χ4v) is 5.81. The lowest BCUT2D eigenvalue weighted by atomic mass is 9.94. The maximum absolute atomic E-state index is 2.38. The van der Waals surface area contributed by atoms with Gasteiger partial charge in [-0.1, -0.05) is 109 Å². The SMILES string of the molecule is CCN(CC)c1ccc(/C(=C\c2ccc(/C=C(\c3ccccc3)c3ccc(N(CC)CC)cc3)cc2)c2ccccc2)cc1. The van der Waals surface area contributed by atoms with Crippen molar-refractivity contribution < 1.29 is 0 Å². The van der Waals surface area contributed by atoms with Crippen LogP contribution in [0.15, 0.2) is 133 Å². The van der Waals surface area contributed by atoms with E-state index in [9.17, 15) is 0 Å². The number of anilines is 2. The van der Waals surface area contributed by atoms with Crippen LogP contribution in [0.1, 0.15) is 61.1 Å². The predicted octanol–water partition coefficient (Wildman–Crippen LogP) is 10.6. The van der Waals surface area contributed by atoms with E-state index < -0.39 is 0 Å². The van der Waals surface area contributed by atoms with Crippen molar-refractivity contribution in [2.24, 2.45) is 0 Å². The Kier molecular flexibility index (Phi) is 10.5. The van der Waals surface area contributed by atoms with E-state index in [1.807, 2.05) is 0 Å². The molecular weight excluding hydrogens is 532 g/mol. The molecular formula is C42H44N2. The Balaban J connectivity index is 1.49. The Morgan fingerprint density at radius 2 is 0.682 bits per heavy atom. The molecule has 0 N–H and O–H groups in total. The van der Waals surface area contributed by atoms with Crippen LogP contribution in [-0.2, 0) is 0 Å². The Bertz CT molecular complexity index is 1510. The van der Waals surface area contributed by atoms with Gasteiger partial charge in [-0.2, -0.15) is 0 Å². The molecule has 0 spiro atoms. The lowest BCUT2D eigenvalue weighted by molar-refractivity contribution is 0.866. The van der Waals surface area contributed by atoms with E-state index in [2.05, 4.69) is 183 Å². The largest absolute Gasteiger partial charge is 0.372 e. The fourth-order valence-electron chi connectivity index (χ4n) is 5.81. The van der Waals surface area contributed by atoms with Gasteiger partial charge >= 0.3 is 0 Å². The third kappa shape index (κ3) is 7.38. The van der Waals surface area contributed by atoms with E-state index in [0.717, 1.165) is 26.2 Å². The molecule has 0 aliphatic heterocycles. The summed E-state index contributed by atoms with van der Waals surface area (Å²) in [5.74, 6) is 0. The van der Waals surface area contributed by atoms with E-state index in [0.29, 0.717) is 0 Å². The third-order valence-electron chi connectivity index (χ3n) is 8.34. The van der Waals surface area contributed by atoms with Gasteiger partial charge in [0, 0.05) is 37.6 Å². The number of benzene rings is 5. The minimum atomic E-state index is 1.01. The molecule has 2 heteroatoms. The number of hydrogen-bond acceptors (Lipinski definition) is 2. The minimum Gasteiger partial charge on any atom is -0.372 e. The summed E-state index contributed by atoms with van der Waals surface area (Å²) in [6.45, 7) is 12.8. The van der Waals surface area contributed by atoms with Crippen LogP contribution in [0, 0.1) is 0 Å². The third-order valence-corrected chi connectivity index (χ3v) is 8.34. The zero-order chi connectivity index (χ0) is 30.7. The molecule has 5 aromatic rings. The van der Waals surface area contributed by atoms with E-state index in [4.69, 9.17) is 0 Å². The second kappa shape index (κ2) is 15.1. The highest BCUT2D eigenvalue weighted by Crippen LogP contribution is 2.30. The summed E-state index contributed by atoms with van der Waals surface area (Å²) >= 11 is 0. The molecule has 0 atom stereocenters. The number of hydrogen-bond donors (Lipinski definition) is 0. The second-order valence-electron chi connectivity index (χ2n) is 11.0. The summed E-state index contributed by atoms with van der Waals surface area (Å²) in [6.07, 6.45) is 4.61. The molecule has 0 saturated heterocycles. The molecule has 0 radical (unpaired) electrons. The van der Waals surface area contributed by atoms with E-state index in [-0.39, 0.29) is 0 Å². The summed E-state index contributed by atoms with van der Waals surface area (Å²) < 4.78 is 0. The van der Waals surface area contributed by atoms with Crippen molar-refractivity contribution in [1.82, 2.24) is 0 Å². The molecule has 0 fully saturated rings. The minimum absolute atomic E-state index is 1.01. The van der Waals surface area contributed by atoms with Crippen molar-refractivity contribution in [3.63, 3.8) is 0 Å². The average molecular weight is 577 g/mol. The van der Waals surface area contributed by atoms with Gasteiger partial charge in [0.15, 0.2) is 0 Å². The van der Waals surface area contributed by atoms with Crippen LogP contribution < -0.4 is 9.80 Å². The molecule has 5 rings (SSSR count). The van der Waals surface area contributed by atoms with Crippen molar-refractivity contribution in [2.75, 3.05) is 36.0 Å². The van der Waals surface area contributed by atoms with Crippen molar-refractivity contribution in [3.8, 4) is 0 Å². The van der Waals surface area contributed by atoms with Gasteiger partial charge < -0.3 is 9.80 Å². The van der Waals surface area contributed by atoms with Gasteiger partial charge in [-0.15, -0.1) is 0 Å². The van der Waals surface area contributed by atoms with Gasteiger partial charge in [0.2, 0.25) is 0 Å². The lowest BCUT2D eigenvalue weighted by Crippen LogP contribution is -2.21. The molecule has 0 saturated carbocycles. The van der Waals surface area contributed by atoms with Gasteiger partial charge in [-0.25, -0.2) is 0 Å². The second-order valence-corrected chi connectivity index (χ2v) is 11.0. The smallest absolute Gasteiger partial charge is 0.0366 e. The highest BCUT2D eigenvalue weighted by Gasteiger charge is 2.10. The summed E-state index contributed by atoms with van der Waals surface area (Å²) in [5.41, 5.74) is 12.2. The number of rotatable bonds is 12. The summed E-state index contributed by atoms with van der Waals surface area (Å²) in [6, 6.07) is 48.3. The fraction of sp³-hybridized carbons (Fsp3) is 0.190. The van der Waals surface area contributed by atoms with Crippen molar-refractivity contribution in [2.45, 2.75) is 27.7 Å². The first-order valence-electron chi connectivity index (χ1n) is 16.0. The summed E-state index contributed by atoms with van der Waals surface area (Å²) in [7, 11) is 0. The quantitative estimate of drug-likeness (QED) is 0.136. The van der Waals surface area contributed by atoms with Crippen LogP contribution in [0.25, 0.3) is 23.3 Å². The molecule has 44 heavy (non-hydrogen) atoms. The first-order valence-corrected chi connectivity index (χ1v) is 16.0. The molecule has 0 aliphatic carbocycles. The van der Waals surface area contributed by atoms with Gasteiger partial charge in [0.05, 0.1) is 0 Å². The molecule has 0 heterocycles. The maximum atomic E-state index is 2.38. The molecule has 0 unspecified atom stereocenters. The molecule has 2 nitrogen and oxygen atoms in total. The number of nitrogens with zero attached hydrogens (tertiary/aromatic N) is 2. The Labute approximate surface area is 264 Å². The molecule has 0 bridgehead atoms. The van der Waals surface area contributed by atoms with Crippen LogP contribution >= 0.6 is 0 Å². The molecule has 5 aromatic carbocycles. The van der Waals surface area contributed by atoms with Crippen LogP contribution in [0.4, 0.5) is 11.4 Å². The van der Waals surface area contributed by atoms with Crippen LogP contribution in [0.5, 0.6) is 0 Å². The molecule has 0 aromatic heterocycles. The van der Waals surface area contributed by atoms with Crippen LogP contribution in [0.2, 0.25) is 0 Å². The zero-order valence-electron chi connectivity index (χ0n) is 26.6. The standard InChI is InChI=1S/C42H44N2/c1-5-43(6-2)39-27-23-37(24-28-39)41(35-15-11-9-12-16-35)31-33-19-21-34(22-20-33)32-42(36-17-13-10-14-18-36)38-25-29-40(30-26-38)44(7-3)8-4/h9-32H,5-8H2,1-4H3/b41-31-,42-32+. The van der Waals surface area contributed by atoms with Gasteiger partial charge in [-0.05, 0) is 109 Å². The van der Waals surface area contributed by atoms with Gasteiger partial charge in [0.1, 0.15) is 0 Å².